The number of fused-ring (bicyclic) bond motifs is 1. The molecule has 8 heteroatoms. The Bertz CT molecular complexity index is 620. The fourth-order valence-electron chi connectivity index (χ4n) is 2.99. The van der Waals surface area contributed by atoms with Crippen LogP contribution in [0.3, 0.4) is 0 Å². The molecule has 2 heterocycles. The molecular weight excluding hydrogens is 328 g/mol. The van der Waals surface area contributed by atoms with Crippen LogP contribution in [0.25, 0.3) is 0 Å². The van der Waals surface area contributed by atoms with Gasteiger partial charge in [-0.15, -0.1) is 11.3 Å². The van der Waals surface area contributed by atoms with Crippen LogP contribution in [-0.4, -0.2) is 47.2 Å². The van der Waals surface area contributed by atoms with Crippen LogP contribution in [0.2, 0.25) is 0 Å². The average Bonchev–Trinajstić information content (AvgIpc) is 2.81. The van der Waals surface area contributed by atoms with Gasteiger partial charge in [0, 0.05) is 30.8 Å². The number of piperazine rings is 1. The van der Waals surface area contributed by atoms with Gasteiger partial charge < -0.3 is 15.5 Å². The minimum absolute atomic E-state index is 0.0830. The van der Waals surface area contributed by atoms with E-state index in [1.807, 2.05) is 0 Å². The molecule has 1 aliphatic carbocycles. The fourth-order valence-corrected chi connectivity index (χ4v) is 4.06. The highest BCUT2D eigenvalue weighted by molar-refractivity contribution is 7.15. The minimum atomic E-state index is -0.200. The molecule has 1 fully saturated rings. The van der Waals surface area contributed by atoms with Gasteiger partial charge in [0.15, 0.2) is 5.13 Å². The van der Waals surface area contributed by atoms with Crippen molar-refractivity contribution in [2.24, 2.45) is 0 Å². The highest BCUT2D eigenvalue weighted by Gasteiger charge is 2.22. The summed E-state index contributed by atoms with van der Waals surface area (Å²) in [5.74, 6) is -0.507. The predicted molar refractivity (Wildman–Crippen MR) is 90.8 cm³/mol. The van der Waals surface area contributed by atoms with E-state index in [2.05, 4.69) is 15.6 Å². The van der Waals surface area contributed by atoms with Gasteiger partial charge in [-0.25, -0.2) is 4.98 Å². The van der Waals surface area contributed by atoms with Gasteiger partial charge in [0.1, 0.15) is 0 Å². The standard InChI is InChI=1S/C16H22N4O3S/c21-13(6-7-15(23)20-9-8-17-14(22)10-20)19-16-18-11-4-2-1-3-5-12(11)24-16/h1-10H2,(H,17,22)(H,18,19,21). The molecule has 0 bridgehead atoms. The van der Waals surface area contributed by atoms with E-state index in [0.717, 1.165) is 25.0 Å². The van der Waals surface area contributed by atoms with E-state index < -0.39 is 0 Å². The van der Waals surface area contributed by atoms with Crippen molar-refractivity contribution in [3.8, 4) is 0 Å². The molecule has 1 aliphatic heterocycles. The summed E-state index contributed by atoms with van der Waals surface area (Å²) in [5, 5.41) is 6.11. The summed E-state index contributed by atoms with van der Waals surface area (Å²) >= 11 is 1.55. The second-order valence-electron chi connectivity index (χ2n) is 6.16. The van der Waals surface area contributed by atoms with Crippen molar-refractivity contribution in [3.05, 3.63) is 10.6 Å². The van der Waals surface area contributed by atoms with Crippen LogP contribution in [0, 0.1) is 0 Å². The van der Waals surface area contributed by atoms with E-state index >= 15 is 0 Å². The Kier molecular flexibility index (Phi) is 5.44. The zero-order chi connectivity index (χ0) is 16.9. The van der Waals surface area contributed by atoms with Gasteiger partial charge >= 0.3 is 0 Å². The number of thiazole rings is 1. The third kappa shape index (κ3) is 4.31. The summed E-state index contributed by atoms with van der Waals surface area (Å²) < 4.78 is 0. The van der Waals surface area contributed by atoms with Gasteiger partial charge in [-0.05, 0) is 25.7 Å². The van der Waals surface area contributed by atoms with E-state index in [1.54, 1.807) is 11.3 Å². The molecule has 0 spiro atoms. The quantitative estimate of drug-likeness (QED) is 0.795. The Morgan fingerprint density at radius 3 is 2.88 bits per heavy atom. The molecule has 0 aromatic carbocycles. The normalized spacial score (nSPS) is 17.7. The zero-order valence-corrected chi connectivity index (χ0v) is 14.4. The average molecular weight is 350 g/mol. The SMILES string of the molecule is O=C1CN(C(=O)CCC(=O)Nc2nc3c(s2)CCCCC3)CCN1. The Labute approximate surface area is 144 Å². The van der Waals surface area contributed by atoms with E-state index in [1.165, 1.54) is 22.6 Å². The smallest absolute Gasteiger partial charge is 0.239 e. The lowest BCUT2D eigenvalue weighted by molar-refractivity contribution is -0.138. The van der Waals surface area contributed by atoms with Crippen LogP contribution >= 0.6 is 11.3 Å². The first-order valence-corrected chi connectivity index (χ1v) is 9.26. The Balaban J connectivity index is 1.47. The molecule has 24 heavy (non-hydrogen) atoms. The summed E-state index contributed by atoms with van der Waals surface area (Å²) in [6.45, 7) is 1.06. The monoisotopic (exact) mass is 350 g/mol. The maximum Gasteiger partial charge on any atom is 0.239 e. The summed E-state index contributed by atoms with van der Waals surface area (Å²) in [6.07, 6.45) is 5.82. The van der Waals surface area contributed by atoms with Gasteiger partial charge in [0.2, 0.25) is 17.7 Å². The number of nitrogens with one attached hydrogen (secondary N) is 2. The lowest BCUT2D eigenvalue weighted by atomic mass is 10.2. The molecule has 0 saturated carbocycles. The Morgan fingerprint density at radius 2 is 2.04 bits per heavy atom. The van der Waals surface area contributed by atoms with E-state index in [0.29, 0.717) is 18.2 Å². The third-order valence-electron chi connectivity index (χ3n) is 4.30. The lowest BCUT2D eigenvalue weighted by Gasteiger charge is -2.26. The van der Waals surface area contributed by atoms with Crippen LogP contribution in [-0.2, 0) is 27.2 Å². The van der Waals surface area contributed by atoms with Crippen LogP contribution in [0.15, 0.2) is 0 Å². The third-order valence-corrected chi connectivity index (χ3v) is 5.37. The lowest BCUT2D eigenvalue weighted by Crippen LogP contribution is -2.50. The van der Waals surface area contributed by atoms with Gasteiger partial charge in [-0.3, -0.25) is 14.4 Å². The summed E-state index contributed by atoms with van der Waals surface area (Å²) in [4.78, 5) is 42.7. The number of carbonyl (C=O) groups is 3. The van der Waals surface area contributed by atoms with Crippen LogP contribution < -0.4 is 10.6 Å². The van der Waals surface area contributed by atoms with Crippen molar-refractivity contribution in [1.82, 2.24) is 15.2 Å². The number of aryl methyl sites for hydroxylation is 2. The molecule has 2 N–H and O–H groups in total. The number of hydrogen-bond acceptors (Lipinski definition) is 5. The first kappa shape index (κ1) is 16.9. The Hall–Kier alpha value is -1.96. The molecule has 3 amide bonds. The zero-order valence-electron chi connectivity index (χ0n) is 13.6. The first-order valence-electron chi connectivity index (χ1n) is 8.45. The molecule has 0 atom stereocenters. The number of nitrogens with zero attached hydrogens (tertiary/aromatic N) is 2. The second kappa shape index (κ2) is 7.74. The van der Waals surface area contributed by atoms with Gasteiger partial charge in [0.05, 0.1) is 12.2 Å². The molecule has 2 aliphatic rings. The van der Waals surface area contributed by atoms with Gasteiger partial charge in [-0.1, -0.05) is 6.42 Å². The van der Waals surface area contributed by atoms with Gasteiger partial charge in [0.25, 0.3) is 0 Å². The highest BCUT2D eigenvalue weighted by atomic mass is 32.1. The molecule has 130 valence electrons. The molecule has 3 rings (SSSR count). The van der Waals surface area contributed by atoms with E-state index in [4.69, 9.17) is 0 Å². The van der Waals surface area contributed by atoms with Crippen LogP contribution in [0.1, 0.15) is 42.7 Å². The Morgan fingerprint density at radius 1 is 1.21 bits per heavy atom. The number of hydrogen-bond donors (Lipinski definition) is 2. The summed E-state index contributed by atoms with van der Waals surface area (Å²) in [5.41, 5.74) is 1.11. The van der Waals surface area contributed by atoms with Crippen molar-refractivity contribution in [3.63, 3.8) is 0 Å². The van der Waals surface area contributed by atoms with Crippen LogP contribution in [0.4, 0.5) is 5.13 Å². The van der Waals surface area contributed by atoms with Crippen molar-refractivity contribution in [1.29, 1.82) is 0 Å². The largest absolute Gasteiger partial charge is 0.353 e. The molecule has 1 aromatic heterocycles. The predicted octanol–water partition coefficient (Wildman–Crippen LogP) is 1.09. The van der Waals surface area contributed by atoms with Crippen molar-refractivity contribution < 1.29 is 14.4 Å². The van der Waals surface area contributed by atoms with Crippen LogP contribution in [0.5, 0.6) is 0 Å². The van der Waals surface area contributed by atoms with E-state index in [-0.39, 0.29) is 37.1 Å². The number of amides is 3. The number of carbonyl (C=O) groups excluding carboxylic acids is 3. The second-order valence-corrected chi connectivity index (χ2v) is 7.25. The van der Waals surface area contributed by atoms with Crippen molar-refractivity contribution in [2.75, 3.05) is 25.0 Å². The molecule has 0 radical (unpaired) electrons. The topological polar surface area (TPSA) is 91.4 Å². The molecule has 1 saturated heterocycles. The highest BCUT2D eigenvalue weighted by Crippen LogP contribution is 2.28. The maximum absolute atomic E-state index is 12.1. The van der Waals surface area contributed by atoms with Crippen molar-refractivity contribution >= 4 is 34.2 Å². The molecular formula is C16H22N4O3S. The molecule has 1 aromatic rings. The molecule has 7 nitrogen and oxygen atoms in total. The first-order chi connectivity index (χ1) is 11.6. The maximum atomic E-state index is 12.1. The van der Waals surface area contributed by atoms with Crippen molar-refractivity contribution in [2.45, 2.75) is 44.9 Å². The van der Waals surface area contributed by atoms with Gasteiger partial charge in [-0.2, -0.15) is 0 Å². The fraction of sp³-hybridized carbons (Fsp3) is 0.625. The summed E-state index contributed by atoms with van der Waals surface area (Å²) in [6, 6.07) is 0. The molecule has 0 unspecified atom stereocenters. The number of aromatic nitrogens is 1. The summed E-state index contributed by atoms with van der Waals surface area (Å²) in [7, 11) is 0. The number of rotatable bonds is 4. The number of anilines is 1. The minimum Gasteiger partial charge on any atom is -0.353 e. The van der Waals surface area contributed by atoms with E-state index in [9.17, 15) is 14.4 Å².